The Morgan fingerprint density at radius 3 is 2.75 bits per heavy atom. The summed E-state index contributed by atoms with van der Waals surface area (Å²) in [5.74, 6) is -0.0384. The molecule has 6 nitrogen and oxygen atoms in total. The molecule has 24 heavy (non-hydrogen) atoms. The van der Waals surface area contributed by atoms with Crippen LogP contribution in [0.3, 0.4) is 0 Å². The molecular weight excluding hydrogens is 345 g/mol. The van der Waals surface area contributed by atoms with Crippen molar-refractivity contribution in [2.75, 3.05) is 13.1 Å². The number of likely N-dealkylation sites (tertiary alicyclic amines) is 1. The highest BCUT2D eigenvalue weighted by atomic mass is 32.1. The molecule has 0 bridgehead atoms. The number of pyridine rings is 1. The monoisotopic (exact) mass is 358 g/mol. The van der Waals surface area contributed by atoms with Crippen molar-refractivity contribution in [3.8, 4) is 10.6 Å². The summed E-state index contributed by atoms with van der Waals surface area (Å²) in [7, 11) is 0. The molecule has 1 aliphatic rings. The van der Waals surface area contributed by atoms with Crippen LogP contribution in [-0.4, -0.2) is 44.4 Å². The van der Waals surface area contributed by atoms with Crippen LogP contribution in [0.1, 0.15) is 29.5 Å². The molecule has 1 unspecified atom stereocenters. The lowest BCUT2D eigenvalue weighted by Gasteiger charge is -2.29. The molecule has 1 saturated heterocycles. The summed E-state index contributed by atoms with van der Waals surface area (Å²) in [4.78, 5) is 15.8. The zero-order valence-corrected chi connectivity index (χ0v) is 13.1. The Balaban J connectivity index is 1.77. The first kappa shape index (κ1) is 16.6. The first-order chi connectivity index (χ1) is 11.3. The molecular formula is C14H13F3N4O2S. The van der Waals surface area contributed by atoms with Gasteiger partial charge in [0, 0.05) is 30.8 Å². The lowest BCUT2D eigenvalue weighted by atomic mass is 9.99. The van der Waals surface area contributed by atoms with Gasteiger partial charge in [-0.3, -0.25) is 4.98 Å². The van der Waals surface area contributed by atoms with E-state index in [-0.39, 0.29) is 5.92 Å². The van der Waals surface area contributed by atoms with Crippen LogP contribution in [0.5, 0.6) is 0 Å². The van der Waals surface area contributed by atoms with E-state index in [0.29, 0.717) is 28.7 Å². The SMILES string of the molecule is O=C(O)N1CCCC(c2nnc(-c3ccc(C(F)(F)F)nc3)s2)C1. The van der Waals surface area contributed by atoms with Gasteiger partial charge in [0.2, 0.25) is 0 Å². The fourth-order valence-electron chi connectivity index (χ4n) is 2.56. The largest absolute Gasteiger partial charge is 0.465 e. The van der Waals surface area contributed by atoms with Crippen LogP contribution in [0.4, 0.5) is 18.0 Å². The van der Waals surface area contributed by atoms with Gasteiger partial charge in [-0.15, -0.1) is 10.2 Å². The Labute approximate surface area is 139 Å². The van der Waals surface area contributed by atoms with Crippen molar-refractivity contribution in [2.24, 2.45) is 0 Å². The molecule has 0 radical (unpaired) electrons. The zero-order valence-electron chi connectivity index (χ0n) is 12.3. The third kappa shape index (κ3) is 3.48. The van der Waals surface area contributed by atoms with Gasteiger partial charge in [0.1, 0.15) is 15.7 Å². The number of carbonyl (C=O) groups is 1. The van der Waals surface area contributed by atoms with Gasteiger partial charge in [-0.25, -0.2) is 4.79 Å². The molecule has 128 valence electrons. The highest BCUT2D eigenvalue weighted by molar-refractivity contribution is 7.14. The topological polar surface area (TPSA) is 79.2 Å². The molecule has 3 rings (SSSR count). The van der Waals surface area contributed by atoms with E-state index in [1.807, 2.05) is 0 Å². The maximum atomic E-state index is 12.5. The predicted molar refractivity (Wildman–Crippen MR) is 79.7 cm³/mol. The van der Waals surface area contributed by atoms with Crippen LogP contribution < -0.4 is 0 Å². The number of aromatic nitrogens is 3. The second kappa shape index (κ2) is 6.34. The van der Waals surface area contributed by atoms with Gasteiger partial charge >= 0.3 is 12.3 Å². The number of alkyl halides is 3. The van der Waals surface area contributed by atoms with Gasteiger partial charge in [0.25, 0.3) is 0 Å². The lowest BCUT2D eigenvalue weighted by Crippen LogP contribution is -2.38. The number of piperidine rings is 1. The van der Waals surface area contributed by atoms with Crippen LogP contribution >= 0.6 is 11.3 Å². The van der Waals surface area contributed by atoms with Crippen molar-refractivity contribution in [1.29, 1.82) is 0 Å². The third-order valence-electron chi connectivity index (χ3n) is 3.78. The Morgan fingerprint density at radius 2 is 2.12 bits per heavy atom. The molecule has 1 atom stereocenters. The number of nitrogens with zero attached hydrogens (tertiary/aromatic N) is 4. The molecule has 0 spiro atoms. The summed E-state index contributed by atoms with van der Waals surface area (Å²) >= 11 is 1.26. The number of hydrogen-bond donors (Lipinski definition) is 1. The van der Waals surface area contributed by atoms with Crippen molar-refractivity contribution in [1.82, 2.24) is 20.1 Å². The summed E-state index contributed by atoms with van der Waals surface area (Å²) in [5.41, 5.74) is -0.502. The molecule has 1 N–H and O–H groups in total. The molecule has 10 heteroatoms. The molecule has 0 saturated carbocycles. The van der Waals surface area contributed by atoms with E-state index in [2.05, 4.69) is 15.2 Å². The number of rotatable bonds is 2. The van der Waals surface area contributed by atoms with Gasteiger partial charge in [0.05, 0.1) is 0 Å². The molecule has 2 aromatic heterocycles. The minimum absolute atomic E-state index is 0.0384. The van der Waals surface area contributed by atoms with Crippen LogP contribution in [-0.2, 0) is 6.18 Å². The van der Waals surface area contributed by atoms with E-state index >= 15 is 0 Å². The van der Waals surface area contributed by atoms with E-state index in [4.69, 9.17) is 5.11 Å². The molecule has 0 aromatic carbocycles. The summed E-state index contributed by atoms with van der Waals surface area (Å²) < 4.78 is 37.6. The van der Waals surface area contributed by atoms with E-state index in [9.17, 15) is 18.0 Å². The highest BCUT2D eigenvalue weighted by Gasteiger charge is 2.32. The lowest BCUT2D eigenvalue weighted by molar-refractivity contribution is -0.141. The highest BCUT2D eigenvalue weighted by Crippen LogP contribution is 2.33. The minimum Gasteiger partial charge on any atom is -0.465 e. The normalized spacial score (nSPS) is 18.6. The summed E-state index contributed by atoms with van der Waals surface area (Å²) in [6, 6.07) is 2.22. The zero-order chi connectivity index (χ0) is 17.3. The fraction of sp³-hybridized carbons (Fsp3) is 0.429. The predicted octanol–water partition coefficient (Wildman–Crippen LogP) is 3.48. The molecule has 1 amide bonds. The maximum absolute atomic E-state index is 12.5. The number of amides is 1. The first-order valence-electron chi connectivity index (χ1n) is 7.19. The maximum Gasteiger partial charge on any atom is 0.433 e. The standard InChI is InChI=1S/C14H13F3N4O2S/c15-14(16,17)10-4-3-8(6-18-10)11-19-20-12(24-11)9-2-1-5-21(7-9)13(22)23/h3-4,6,9H,1-2,5,7H2,(H,22,23). The Morgan fingerprint density at radius 1 is 1.33 bits per heavy atom. The second-order valence-corrected chi connectivity index (χ2v) is 6.45. The van der Waals surface area contributed by atoms with Crippen molar-refractivity contribution in [3.63, 3.8) is 0 Å². The quantitative estimate of drug-likeness (QED) is 0.889. The smallest absolute Gasteiger partial charge is 0.433 e. The average molecular weight is 358 g/mol. The average Bonchev–Trinajstić information content (AvgIpc) is 3.04. The van der Waals surface area contributed by atoms with Gasteiger partial charge < -0.3 is 10.0 Å². The number of hydrogen-bond acceptors (Lipinski definition) is 5. The fourth-order valence-corrected chi connectivity index (χ4v) is 3.52. The summed E-state index contributed by atoms with van der Waals surface area (Å²) in [6.07, 6.45) is -2.77. The van der Waals surface area contributed by atoms with Crippen molar-refractivity contribution in [3.05, 3.63) is 29.0 Å². The Kier molecular flexibility index (Phi) is 4.39. The van der Waals surface area contributed by atoms with E-state index < -0.39 is 18.0 Å². The third-order valence-corrected chi connectivity index (χ3v) is 4.92. The van der Waals surface area contributed by atoms with Crippen molar-refractivity contribution in [2.45, 2.75) is 24.9 Å². The molecule has 0 aliphatic carbocycles. The van der Waals surface area contributed by atoms with Crippen molar-refractivity contribution < 1.29 is 23.1 Å². The van der Waals surface area contributed by atoms with Gasteiger partial charge in [-0.1, -0.05) is 11.3 Å². The van der Waals surface area contributed by atoms with Crippen molar-refractivity contribution >= 4 is 17.4 Å². The minimum atomic E-state index is -4.48. The number of carboxylic acid groups (broad SMARTS) is 1. The molecule has 2 aromatic rings. The van der Waals surface area contributed by atoms with Gasteiger partial charge in [0.15, 0.2) is 0 Å². The Bertz CT molecular complexity index is 732. The second-order valence-electron chi connectivity index (χ2n) is 5.44. The molecule has 1 fully saturated rings. The van der Waals surface area contributed by atoms with E-state index in [0.717, 1.165) is 25.1 Å². The van der Waals surface area contributed by atoms with Crippen LogP contribution in [0.25, 0.3) is 10.6 Å². The van der Waals surface area contributed by atoms with E-state index in [1.165, 1.54) is 22.3 Å². The van der Waals surface area contributed by atoms with E-state index in [1.54, 1.807) is 0 Å². The van der Waals surface area contributed by atoms with Gasteiger partial charge in [-0.2, -0.15) is 13.2 Å². The number of halogens is 3. The summed E-state index contributed by atoms with van der Waals surface area (Å²) in [6.45, 7) is 0.857. The van der Waals surface area contributed by atoms with Crippen LogP contribution in [0, 0.1) is 0 Å². The Hall–Kier alpha value is -2.23. The summed E-state index contributed by atoms with van der Waals surface area (Å²) in [5, 5.41) is 18.3. The first-order valence-corrected chi connectivity index (χ1v) is 8.01. The molecule has 1 aliphatic heterocycles. The molecule has 3 heterocycles. The van der Waals surface area contributed by atoms with Crippen LogP contribution in [0.15, 0.2) is 18.3 Å². The van der Waals surface area contributed by atoms with Crippen LogP contribution in [0.2, 0.25) is 0 Å². The van der Waals surface area contributed by atoms with Gasteiger partial charge in [-0.05, 0) is 25.0 Å².